The van der Waals surface area contributed by atoms with Crippen LogP contribution in [-0.4, -0.2) is 17.6 Å². The SMILES string of the molecule is CCOC(=O)c1oc(CC(C)C(C)(C)C)nc1CC. The number of oxazole rings is 1. The van der Waals surface area contributed by atoms with Crippen molar-refractivity contribution in [3.05, 3.63) is 17.3 Å². The fourth-order valence-electron chi connectivity index (χ4n) is 1.65. The monoisotopic (exact) mass is 267 g/mol. The summed E-state index contributed by atoms with van der Waals surface area (Å²) in [4.78, 5) is 16.2. The molecule has 1 heterocycles. The third kappa shape index (κ3) is 4.08. The van der Waals surface area contributed by atoms with Crippen LogP contribution in [0.4, 0.5) is 0 Å². The van der Waals surface area contributed by atoms with E-state index in [0.717, 1.165) is 6.42 Å². The van der Waals surface area contributed by atoms with E-state index in [1.807, 2.05) is 6.92 Å². The van der Waals surface area contributed by atoms with Crippen LogP contribution in [0.15, 0.2) is 4.42 Å². The molecular formula is C15H25NO3. The number of ether oxygens (including phenoxy) is 1. The molecule has 19 heavy (non-hydrogen) atoms. The van der Waals surface area contributed by atoms with Crippen LogP contribution in [-0.2, 0) is 17.6 Å². The van der Waals surface area contributed by atoms with Crippen LogP contribution in [0.2, 0.25) is 0 Å². The Morgan fingerprint density at radius 3 is 2.47 bits per heavy atom. The summed E-state index contributed by atoms with van der Waals surface area (Å²) >= 11 is 0. The summed E-state index contributed by atoms with van der Waals surface area (Å²) < 4.78 is 10.6. The molecule has 0 fully saturated rings. The molecule has 0 aliphatic carbocycles. The van der Waals surface area contributed by atoms with E-state index >= 15 is 0 Å². The molecule has 0 saturated heterocycles. The molecule has 0 saturated carbocycles. The Morgan fingerprint density at radius 2 is 2.00 bits per heavy atom. The molecule has 0 N–H and O–H groups in total. The molecule has 0 aliphatic heterocycles. The van der Waals surface area contributed by atoms with Crippen molar-refractivity contribution in [2.45, 2.75) is 54.4 Å². The van der Waals surface area contributed by atoms with Crippen LogP contribution in [0, 0.1) is 11.3 Å². The zero-order valence-corrected chi connectivity index (χ0v) is 12.9. The summed E-state index contributed by atoms with van der Waals surface area (Å²) in [6.07, 6.45) is 1.40. The molecular weight excluding hydrogens is 242 g/mol. The minimum atomic E-state index is -0.415. The zero-order valence-electron chi connectivity index (χ0n) is 12.9. The Balaban J connectivity index is 2.90. The van der Waals surface area contributed by atoms with Crippen LogP contribution >= 0.6 is 0 Å². The van der Waals surface area contributed by atoms with Gasteiger partial charge in [0.1, 0.15) is 0 Å². The summed E-state index contributed by atoms with van der Waals surface area (Å²) in [5, 5.41) is 0. The first-order chi connectivity index (χ1) is 8.79. The van der Waals surface area contributed by atoms with E-state index in [2.05, 4.69) is 32.7 Å². The molecule has 1 atom stereocenters. The molecule has 0 bridgehead atoms. The van der Waals surface area contributed by atoms with Crippen LogP contribution in [0.3, 0.4) is 0 Å². The highest BCUT2D eigenvalue weighted by Gasteiger charge is 2.25. The number of hydrogen-bond donors (Lipinski definition) is 0. The van der Waals surface area contributed by atoms with Gasteiger partial charge in [-0.25, -0.2) is 9.78 Å². The minimum Gasteiger partial charge on any atom is -0.460 e. The molecule has 0 radical (unpaired) electrons. The van der Waals surface area contributed by atoms with Crippen molar-refractivity contribution in [2.75, 3.05) is 6.61 Å². The van der Waals surface area contributed by atoms with Gasteiger partial charge in [0.05, 0.1) is 12.3 Å². The number of nitrogens with zero attached hydrogens (tertiary/aromatic N) is 1. The number of rotatable bonds is 5. The van der Waals surface area contributed by atoms with Gasteiger partial charge < -0.3 is 9.15 Å². The number of aromatic nitrogens is 1. The van der Waals surface area contributed by atoms with Crippen molar-refractivity contribution >= 4 is 5.97 Å². The van der Waals surface area contributed by atoms with Gasteiger partial charge in [-0.05, 0) is 24.7 Å². The van der Waals surface area contributed by atoms with E-state index in [1.54, 1.807) is 6.92 Å². The first-order valence-electron chi connectivity index (χ1n) is 6.95. The third-order valence-electron chi connectivity index (χ3n) is 3.50. The fraction of sp³-hybridized carbons (Fsp3) is 0.733. The molecule has 1 aromatic rings. The maximum atomic E-state index is 11.8. The van der Waals surface area contributed by atoms with Gasteiger partial charge in [-0.3, -0.25) is 0 Å². The number of esters is 1. The van der Waals surface area contributed by atoms with Crippen LogP contribution < -0.4 is 0 Å². The average molecular weight is 267 g/mol. The van der Waals surface area contributed by atoms with Gasteiger partial charge in [0, 0.05) is 6.42 Å². The van der Waals surface area contributed by atoms with E-state index in [9.17, 15) is 4.79 Å². The van der Waals surface area contributed by atoms with Gasteiger partial charge in [0.25, 0.3) is 0 Å². The van der Waals surface area contributed by atoms with Crippen LogP contribution in [0.5, 0.6) is 0 Å². The second-order valence-electron chi connectivity index (χ2n) is 5.93. The molecule has 1 aromatic heterocycles. The molecule has 0 aliphatic rings. The number of carbonyl (C=O) groups excluding carboxylic acids is 1. The second-order valence-corrected chi connectivity index (χ2v) is 5.93. The largest absolute Gasteiger partial charge is 0.460 e. The highest BCUT2D eigenvalue weighted by atomic mass is 16.5. The first-order valence-corrected chi connectivity index (χ1v) is 6.95. The predicted molar refractivity (Wildman–Crippen MR) is 74.2 cm³/mol. The van der Waals surface area contributed by atoms with Gasteiger partial charge in [-0.15, -0.1) is 0 Å². The molecule has 0 amide bonds. The Kier molecular flexibility index (Phi) is 5.15. The van der Waals surface area contributed by atoms with Crippen molar-refractivity contribution < 1.29 is 13.9 Å². The molecule has 0 spiro atoms. The normalized spacial score (nSPS) is 13.4. The van der Waals surface area contributed by atoms with Gasteiger partial charge in [-0.2, -0.15) is 0 Å². The Morgan fingerprint density at radius 1 is 1.37 bits per heavy atom. The van der Waals surface area contributed by atoms with Crippen molar-refractivity contribution in [3.63, 3.8) is 0 Å². The fourth-order valence-corrected chi connectivity index (χ4v) is 1.65. The summed E-state index contributed by atoms with van der Waals surface area (Å²) in [5.41, 5.74) is 0.875. The minimum absolute atomic E-state index is 0.185. The highest BCUT2D eigenvalue weighted by Crippen LogP contribution is 2.29. The number of hydrogen-bond acceptors (Lipinski definition) is 4. The third-order valence-corrected chi connectivity index (χ3v) is 3.50. The van der Waals surface area contributed by atoms with Crippen molar-refractivity contribution in [3.8, 4) is 0 Å². The second kappa shape index (κ2) is 6.22. The van der Waals surface area contributed by atoms with Gasteiger partial charge in [0.2, 0.25) is 5.76 Å². The highest BCUT2D eigenvalue weighted by molar-refractivity contribution is 5.87. The molecule has 1 unspecified atom stereocenters. The summed E-state index contributed by atoms with van der Waals surface area (Å²) in [5.74, 6) is 0.898. The van der Waals surface area contributed by atoms with Crippen molar-refractivity contribution in [2.24, 2.45) is 11.3 Å². The predicted octanol–water partition coefficient (Wildman–Crippen LogP) is 3.64. The molecule has 108 valence electrons. The van der Waals surface area contributed by atoms with Crippen molar-refractivity contribution in [1.82, 2.24) is 4.98 Å². The summed E-state index contributed by atoms with van der Waals surface area (Å²) in [6.45, 7) is 12.8. The Hall–Kier alpha value is -1.32. The lowest BCUT2D eigenvalue weighted by atomic mass is 9.80. The molecule has 4 heteroatoms. The van der Waals surface area contributed by atoms with E-state index in [4.69, 9.17) is 9.15 Å². The van der Waals surface area contributed by atoms with Gasteiger partial charge >= 0.3 is 5.97 Å². The van der Waals surface area contributed by atoms with Crippen LogP contribution in [0.1, 0.15) is 63.7 Å². The topological polar surface area (TPSA) is 52.3 Å². The van der Waals surface area contributed by atoms with E-state index in [-0.39, 0.29) is 11.2 Å². The smallest absolute Gasteiger partial charge is 0.376 e. The lowest BCUT2D eigenvalue weighted by molar-refractivity contribution is 0.0485. The Labute approximate surface area is 115 Å². The molecule has 0 aromatic carbocycles. The van der Waals surface area contributed by atoms with E-state index < -0.39 is 5.97 Å². The number of aryl methyl sites for hydroxylation is 1. The molecule has 4 nitrogen and oxygen atoms in total. The Bertz CT molecular complexity index is 429. The molecule has 1 rings (SSSR count). The maximum Gasteiger partial charge on any atom is 0.376 e. The van der Waals surface area contributed by atoms with E-state index in [0.29, 0.717) is 30.5 Å². The lowest BCUT2D eigenvalue weighted by Gasteiger charge is -2.25. The lowest BCUT2D eigenvalue weighted by Crippen LogP contribution is -2.19. The average Bonchev–Trinajstić information content (AvgIpc) is 2.71. The van der Waals surface area contributed by atoms with E-state index in [1.165, 1.54) is 0 Å². The number of carbonyl (C=O) groups is 1. The maximum absolute atomic E-state index is 11.8. The van der Waals surface area contributed by atoms with Gasteiger partial charge in [0.15, 0.2) is 5.89 Å². The van der Waals surface area contributed by atoms with Crippen LogP contribution in [0.25, 0.3) is 0 Å². The zero-order chi connectivity index (χ0) is 14.6. The first kappa shape index (κ1) is 15.7. The quantitative estimate of drug-likeness (QED) is 0.764. The summed E-state index contributed by atoms with van der Waals surface area (Å²) in [6, 6.07) is 0. The summed E-state index contributed by atoms with van der Waals surface area (Å²) in [7, 11) is 0. The van der Waals surface area contributed by atoms with Crippen molar-refractivity contribution in [1.29, 1.82) is 0 Å². The van der Waals surface area contributed by atoms with Gasteiger partial charge in [-0.1, -0.05) is 34.6 Å². The standard InChI is InChI=1S/C15H25NO3/c1-7-11-13(14(17)18-8-2)19-12(16-11)9-10(3)15(4,5)6/h10H,7-9H2,1-6H3.